The standard InChI is InChI=1S/C7H15NO3/c1-2-11-8-7(10)5-3-4-6-9/h9H,2-6H2,1H3,(H,8,10). The second-order valence-corrected chi connectivity index (χ2v) is 2.14. The number of hydrogen-bond donors (Lipinski definition) is 2. The minimum atomic E-state index is -0.125. The van der Waals surface area contributed by atoms with Crippen molar-refractivity contribution in [2.45, 2.75) is 26.2 Å². The molecule has 0 atom stereocenters. The molecule has 0 rings (SSSR count). The predicted molar refractivity (Wildman–Crippen MR) is 40.7 cm³/mol. The van der Waals surface area contributed by atoms with Crippen molar-refractivity contribution in [3.8, 4) is 0 Å². The fourth-order valence-electron chi connectivity index (χ4n) is 0.601. The molecule has 0 fully saturated rings. The van der Waals surface area contributed by atoms with Gasteiger partial charge in [-0.1, -0.05) is 0 Å². The van der Waals surface area contributed by atoms with Gasteiger partial charge in [0.25, 0.3) is 0 Å². The average Bonchev–Trinajstić information content (AvgIpc) is 2.01. The van der Waals surface area contributed by atoms with Crippen LogP contribution in [0.5, 0.6) is 0 Å². The number of aliphatic hydroxyl groups excluding tert-OH is 1. The maximum absolute atomic E-state index is 10.8. The molecule has 0 aromatic carbocycles. The van der Waals surface area contributed by atoms with Crippen LogP contribution in [0, 0.1) is 0 Å². The molecular weight excluding hydrogens is 146 g/mol. The van der Waals surface area contributed by atoms with E-state index in [0.29, 0.717) is 25.9 Å². The molecular formula is C7H15NO3. The van der Waals surface area contributed by atoms with Gasteiger partial charge in [-0.2, -0.15) is 0 Å². The summed E-state index contributed by atoms with van der Waals surface area (Å²) >= 11 is 0. The van der Waals surface area contributed by atoms with Gasteiger partial charge in [0.05, 0.1) is 6.61 Å². The van der Waals surface area contributed by atoms with Crippen LogP contribution >= 0.6 is 0 Å². The minimum absolute atomic E-state index is 0.125. The number of unbranched alkanes of at least 4 members (excludes halogenated alkanes) is 1. The molecule has 0 aromatic heterocycles. The smallest absolute Gasteiger partial charge is 0.243 e. The Labute approximate surface area is 66.5 Å². The fraction of sp³-hybridized carbons (Fsp3) is 0.857. The third-order valence-electron chi connectivity index (χ3n) is 1.14. The van der Waals surface area contributed by atoms with Crippen molar-refractivity contribution >= 4 is 5.91 Å². The van der Waals surface area contributed by atoms with Gasteiger partial charge < -0.3 is 5.11 Å². The van der Waals surface area contributed by atoms with Crippen LogP contribution in [0.15, 0.2) is 0 Å². The van der Waals surface area contributed by atoms with E-state index in [1.165, 1.54) is 0 Å². The van der Waals surface area contributed by atoms with Gasteiger partial charge in [-0.25, -0.2) is 5.48 Å². The Hall–Kier alpha value is -0.610. The van der Waals surface area contributed by atoms with Crippen LogP contribution in [0.4, 0.5) is 0 Å². The van der Waals surface area contributed by atoms with E-state index in [4.69, 9.17) is 5.11 Å². The number of amides is 1. The van der Waals surface area contributed by atoms with E-state index in [0.717, 1.165) is 0 Å². The summed E-state index contributed by atoms with van der Waals surface area (Å²) in [6, 6.07) is 0. The van der Waals surface area contributed by atoms with Gasteiger partial charge in [-0.3, -0.25) is 9.63 Å². The highest BCUT2D eigenvalue weighted by Gasteiger charge is 1.98. The lowest BCUT2D eigenvalue weighted by Gasteiger charge is -2.01. The Morgan fingerprint density at radius 2 is 2.27 bits per heavy atom. The Balaban J connectivity index is 3.09. The van der Waals surface area contributed by atoms with Crippen LogP contribution in [0.2, 0.25) is 0 Å². The Morgan fingerprint density at radius 1 is 1.55 bits per heavy atom. The maximum Gasteiger partial charge on any atom is 0.243 e. The molecule has 0 heterocycles. The van der Waals surface area contributed by atoms with Crippen LogP contribution in [0.25, 0.3) is 0 Å². The van der Waals surface area contributed by atoms with E-state index >= 15 is 0 Å². The van der Waals surface area contributed by atoms with Crippen molar-refractivity contribution in [2.24, 2.45) is 0 Å². The van der Waals surface area contributed by atoms with Crippen molar-refractivity contribution in [1.82, 2.24) is 5.48 Å². The molecule has 0 bridgehead atoms. The van der Waals surface area contributed by atoms with E-state index < -0.39 is 0 Å². The van der Waals surface area contributed by atoms with Gasteiger partial charge in [-0.05, 0) is 19.8 Å². The number of hydroxylamine groups is 1. The SMILES string of the molecule is CCONC(=O)CCCCO. The van der Waals surface area contributed by atoms with E-state index in [1.54, 1.807) is 6.92 Å². The number of carbonyl (C=O) groups is 1. The Kier molecular flexibility index (Phi) is 7.08. The number of rotatable bonds is 6. The van der Waals surface area contributed by atoms with E-state index in [2.05, 4.69) is 10.3 Å². The average molecular weight is 161 g/mol. The summed E-state index contributed by atoms with van der Waals surface area (Å²) in [6.07, 6.45) is 1.79. The summed E-state index contributed by atoms with van der Waals surface area (Å²) in [5.74, 6) is -0.125. The highest BCUT2D eigenvalue weighted by Crippen LogP contribution is 1.93. The molecule has 0 spiro atoms. The second kappa shape index (κ2) is 7.50. The number of hydrogen-bond acceptors (Lipinski definition) is 3. The molecule has 11 heavy (non-hydrogen) atoms. The molecule has 0 radical (unpaired) electrons. The highest BCUT2D eigenvalue weighted by atomic mass is 16.6. The van der Waals surface area contributed by atoms with Crippen molar-refractivity contribution in [3.63, 3.8) is 0 Å². The van der Waals surface area contributed by atoms with Crippen LogP contribution in [-0.4, -0.2) is 24.2 Å². The first-order valence-corrected chi connectivity index (χ1v) is 3.82. The third-order valence-corrected chi connectivity index (χ3v) is 1.14. The van der Waals surface area contributed by atoms with E-state index in [-0.39, 0.29) is 12.5 Å². The highest BCUT2D eigenvalue weighted by molar-refractivity contribution is 5.74. The van der Waals surface area contributed by atoms with Gasteiger partial charge >= 0.3 is 0 Å². The van der Waals surface area contributed by atoms with Crippen molar-refractivity contribution < 1.29 is 14.7 Å². The summed E-state index contributed by atoms with van der Waals surface area (Å²) in [5.41, 5.74) is 2.27. The first-order valence-electron chi connectivity index (χ1n) is 3.82. The molecule has 4 heteroatoms. The summed E-state index contributed by atoms with van der Waals surface area (Å²) in [6.45, 7) is 2.42. The molecule has 0 unspecified atom stereocenters. The predicted octanol–water partition coefficient (Wildman–Crippen LogP) is 0.217. The topological polar surface area (TPSA) is 58.6 Å². The molecule has 0 saturated carbocycles. The minimum Gasteiger partial charge on any atom is -0.396 e. The van der Waals surface area contributed by atoms with Gasteiger partial charge in [0.15, 0.2) is 0 Å². The first kappa shape index (κ1) is 10.4. The van der Waals surface area contributed by atoms with Gasteiger partial charge in [-0.15, -0.1) is 0 Å². The molecule has 2 N–H and O–H groups in total. The normalized spacial score (nSPS) is 9.64. The molecule has 0 aliphatic carbocycles. The Bertz CT molecular complexity index is 106. The van der Waals surface area contributed by atoms with Crippen LogP contribution in [0.1, 0.15) is 26.2 Å². The molecule has 0 aliphatic heterocycles. The van der Waals surface area contributed by atoms with Gasteiger partial charge in [0, 0.05) is 13.0 Å². The first-order chi connectivity index (χ1) is 5.31. The van der Waals surface area contributed by atoms with Crippen molar-refractivity contribution in [2.75, 3.05) is 13.2 Å². The van der Waals surface area contributed by atoms with Gasteiger partial charge in [0.1, 0.15) is 0 Å². The zero-order valence-corrected chi connectivity index (χ0v) is 6.80. The number of carbonyl (C=O) groups excluding carboxylic acids is 1. The van der Waals surface area contributed by atoms with Crippen LogP contribution < -0.4 is 5.48 Å². The third kappa shape index (κ3) is 7.29. The molecule has 4 nitrogen and oxygen atoms in total. The molecule has 0 aliphatic rings. The maximum atomic E-state index is 10.8. The van der Waals surface area contributed by atoms with E-state index in [1.807, 2.05) is 0 Å². The number of aliphatic hydroxyl groups is 1. The quantitative estimate of drug-likeness (QED) is 0.432. The fourth-order valence-corrected chi connectivity index (χ4v) is 0.601. The molecule has 0 saturated heterocycles. The lowest BCUT2D eigenvalue weighted by atomic mass is 10.2. The second-order valence-electron chi connectivity index (χ2n) is 2.14. The summed E-state index contributed by atoms with van der Waals surface area (Å²) in [7, 11) is 0. The van der Waals surface area contributed by atoms with Crippen LogP contribution in [-0.2, 0) is 9.63 Å². The lowest BCUT2D eigenvalue weighted by Crippen LogP contribution is -2.23. The Morgan fingerprint density at radius 3 is 2.82 bits per heavy atom. The largest absolute Gasteiger partial charge is 0.396 e. The molecule has 66 valence electrons. The zero-order valence-electron chi connectivity index (χ0n) is 6.80. The zero-order chi connectivity index (χ0) is 8.53. The van der Waals surface area contributed by atoms with Gasteiger partial charge in [0.2, 0.25) is 5.91 Å². The molecule has 1 amide bonds. The lowest BCUT2D eigenvalue weighted by molar-refractivity contribution is -0.133. The van der Waals surface area contributed by atoms with Crippen molar-refractivity contribution in [1.29, 1.82) is 0 Å². The summed E-state index contributed by atoms with van der Waals surface area (Å²) < 4.78 is 0. The van der Waals surface area contributed by atoms with E-state index in [9.17, 15) is 4.79 Å². The monoisotopic (exact) mass is 161 g/mol. The van der Waals surface area contributed by atoms with Crippen molar-refractivity contribution in [3.05, 3.63) is 0 Å². The van der Waals surface area contributed by atoms with Crippen LogP contribution in [0.3, 0.4) is 0 Å². The molecule has 0 aromatic rings. The number of nitrogens with one attached hydrogen (secondary N) is 1. The summed E-state index contributed by atoms with van der Waals surface area (Å²) in [4.78, 5) is 15.4. The summed E-state index contributed by atoms with van der Waals surface area (Å²) in [5, 5.41) is 8.39.